The van der Waals surface area contributed by atoms with E-state index in [2.05, 4.69) is 24.2 Å². The molecule has 0 atom stereocenters. The molecule has 1 amide bonds. The Hall–Kier alpha value is -1.23. The van der Waals surface area contributed by atoms with E-state index in [1.54, 1.807) is 11.3 Å². The van der Waals surface area contributed by atoms with Crippen LogP contribution in [0.2, 0.25) is 0 Å². The van der Waals surface area contributed by atoms with Crippen molar-refractivity contribution in [2.45, 2.75) is 44.9 Å². The molecule has 0 unspecified atom stereocenters. The number of anilines is 2. The molecule has 0 aliphatic heterocycles. The van der Waals surface area contributed by atoms with E-state index in [1.165, 1.54) is 36.2 Å². The van der Waals surface area contributed by atoms with E-state index in [1.807, 2.05) is 0 Å². The average Bonchev–Trinajstić information content (AvgIpc) is 3.36. The van der Waals surface area contributed by atoms with E-state index >= 15 is 0 Å². The van der Waals surface area contributed by atoms with Crippen molar-refractivity contribution in [3.8, 4) is 0 Å². The lowest BCUT2D eigenvalue weighted by atomic mass is 10.1. The zero-order valence-corrected chi connectivity index (χ0v) is 13.8. The molecule has 2 saturated carbocycles. The second kappa shape index (κ2) is 5.87. The first-order valence-corrected chi connectivity index (χ1v) is 8.85. The first kappa shape index (κ1) is 14.7. The number of thiophene rings is 1. The third-order valence-electron chi connectivity index (χ3n) is 4.27. The summed E-state index contributed by atoms with van der Waals surface area (Å²) >= 11 is 1.58. The van der Waals surface area contributed by atoms with Crippen LogP contribution in [0.4, 0.5) is 10.7 Å². The van der Waals surface area contributed by atoms with Crippen molar-refractivity contribution in [2.24, 2.45) is 5.92 Å². The van der Waals surface area contributed by atoms with Crippen molar-refractivity contribution in [3.63, 3.8) is 0 Å². The van der Waals surface area contributed by atoms with E-state index in [-0.39, 0.29) is 5.91 Å². The van der Waals surface area contributed by atoms with Gasteiger partial charge in [0.15, 0.2) is 0 Å². The minimum Gasteiger partial charge on any atom is -0.397 e. The number of carbonyl (C=O) groups is 1. The molecular formula is C16H25N3OS. The van der Waals surface area contributed by atoms with Gasteiger partial charge in [-0.3, -0.25) is 4.79 Å². The molecule has 116 valence electrons. The molecule has 5 heteroatoms. The second-order valence-corrected chi connectivity index (χ2v) is 7.42. The van der Waals surface area contributed by atoms with Gasteiger partial charge in [0, 0.05) is 25.7 Å². The van der Waals surface area contributed by atoms with E-state index in [4.69, 9.17) is 5.73 Å². The van der Waals surface area contributed by atoms with Gasteiger partial charge in [0.2, 0.25) is 0 Å². The Balaban J connectivity index is 1.85. The van der Waals surface area contributed by atoms with Crippen molar-refractivity contribution in [2.75, 3.05) is 30.8 Å². The molecule has 2 aliphatic rings. The smallest absolute Gasteiger partial charge is 0.263 e. The SMILES string of the molecule is CCCNC(=O)c1sc(N(C)CC2CC2)c(C2CC2)c1N. The molecule has 0 radical (unpaired) electrons. The van der Waals surface area contributed by atoms with Crippen LogP contribution < -0.4 is 16.0 Å². The summed E-state index contributed by atoms with van der Waals surface area (Å²) in [4.78, 5) is 15.3. The summed E-state index contributed by atoms with van der Waals surface area (Å²) in [6.45, 7) is 3.86. The van der Waals surface area contributed by atoms with Crippen LogP contribution in [0.25, 0.3) is 0 Å². The van der Waals surface area contributed by atoms with Crippen LogP contribution in [0.3, 0.4) is 0 Å². The molecule has 2 fully saturated rings. The maximum Gasteiger partial charge on any atom is 0.263 e. The maximum atomic E-state index is 12.3. The molecule has 21 heavy (non-hydrogen) atoms. The van der Waals surface area contributed by atoms with Crippen molar-refractivity contribution >= 4 is 27.9 Å². The summed E-state index contributed by atoms with van der Waals surface area (Å²) < 4.78 is 0. The lowest BCUT2D eigenvalue weighted by Crippen LogP contribution is -2.23. The predicted molar refractivity (Wildman–Crippen MR) is 89.3 cm³/mol. The molecule has 4 nitrogen and oxygen atoms in total. The number of hydrogen-bond donors (Lipinski definition) is 2. The zero-order valence-electron chi connectivity index (χ0n) is 12.9. The zero-order chi connectivity index (χ0) is 15.0. The highest BCUT2D eigenvalue weighted by molar-refractivity contribution is 7.18. The van der Waals surface area contributed by atoms with Gasteiger partial charge >= 0.3 is 0 Å². The molecular weight excluding hydrogens is 282 g/mol. The number of rotatable bonds is 7. The number of nitrogens with two attached hydrogens (primary N) is 1. The first-order chi connectivity index (χ1) is 10.1. The molecule has 3 N–H and O–H groups in total. The van der Waals surface area contributed by atoms with Crippen molar-refractivity contribution in [1.82, 2.24) is 5.32 Å². The number of hydrogen-bond acceptors (Lipinski definition) is 4. The molecule has 0 bridgehead atoms. The maximum absolute atomic E-state index is 12.3. The van der Waals surface area contributed by atoms with Gasteiger partial charge in [-0.2, -0.15) is 0 Å². The lowest BCUT2D eigenvalue weighted by molar-refractivity contribution is 0.0958. The molecule has 0 saturated heterocycles. The first-order valence-electron chi connectivity index (χ1n) is 8.03. The van der Waals surface area contributed by atoms with Crippen LogP contribution in [0.1, 0.15) is 60.2 Å². The molecule has 1 heterocycles. The second-order valence-electron chi connectivity index (χ2n) is 6.42. The molecule has 0 aromatic carbocycles. The number of carbonyl (C=O) groups excluding carboxylic acids is 1. The Morgan fingerprint density at radius 2 is 2.10 bits per heavy atom. The number of nitrogen functional groups attached to an aromatic ring is 1. The molecule has 2 aliphatic carbocycles. The van der Waals surface area contributed by atoms with Crippen LogP contribution in [-0.2, 0) is 0 Å². The van der Waals surface area contributed by atoms with Gasteiger partial charge in [-0.1, -0.05) is 6.92 Å². The normalized spacial score (nSPS) is 17.8. The third kappa shape index (κ3) is 3.18. The standard InChI is InChI=1S/C16H25N3OS/c1-3-8-18-15(20)14-13(17)12(11-6-7-11)16(21-14)19(2)9-10-4-5-10/h10-11H,3-9,17H2,1-2H3,(H,18,20). The summed E-state index contributed by atoms with van der Waals surface area (Å²) in [5, 5.41) is 4.18. The Morgan fingerprint density at radius 1 is 1.38 bits per heavy atom. The van der Waals surface area contributed by atoms with E-state index in [0.717, 1.165) is 24.6 Å². The molecule has 1 aromatic rings. The number of nitrogens with one attached hydrogen (secondary N) is 1. The van der Waals surface area contributed by atoms with Gasteiger partial charge < -0.3 is 16.0 Å². The highest BCUT2D eigenvalue weighted by atomic mass is 32.1. The summed E-state index contributed by atoms with van der Waals surface area (Å²) in [6, 6.07) is 0. The van der Waals surface area contributed by atoms with Crippen LogP contribution in [0.15, 0.2) is 0 Å². The van der Waals surface area contributed by atoms with E-state index in [9.17, 15) is 4.79 Å². The van der Waals surface area contributed by atoms with Crippen LogP contribution in [0.5, 0.6) is 0 Å². The Labute approximate surface area is 130 Å². The minimum absolute atomic E-state index is 0.00711. The summed E-state index contributed by atoms with van der Waals surface area (Å²) in [5.74, 6) is 1.40. The highest BCUT2D eigenvalue weighted by Gasteiger charge is 2.35. The van der Waals surface area contributed by atoms with Crippen LogP contribution in [0, 0.1) is 5.92 Å². The number of amides is 1. The largest absolute Gasteiger partial charge is 0.397 e. The van der Waals surface area contributed by atoms with Gasteiger partial charge in [-0.05, 0) is 43.9 Å². The van der Waals surface area contributed by atoms with Crippen LogP contribution in [-0.4, -0.2) is 26.0 Å². The third-order valence-corrected chi connectivity index (χ3v) is 5.60. The lowest BCUT2D eigenvalue weighted by Gasteiger charge is -2.19. The van der Waals surface area contributed by atoms with Crippen molar-refractivity contribution in [1.29, 1.82) is 0 Å². The van der Waals surface area contributed by atoms with Gasteiger partial charge in [0.05, 0.1) is 10.7 Å². The van der Waals surface area contributed by atoms with Crippen molar-refractivity contribution < 1.29 is 4.79 Å². The summed E-state index contributed by atoms with van der Waals surface area (Å²) in [6.07, 6.45) is 6.05. The fourth-order valence-corrected chi connectivity index (χ4v) is 3.95. The monoisotopic (exact) mass is 307 g/mol. The minimum atomic E-state index is -0.00711. The Bertz CT molecular complexity index is 532. The Morgan fingerprint density at radius 3 is 2.67 bits per heavy atom. The molecule has 3 rings (SSSR count). The summed E-state index contributed by atoms with van der Waals surface area (Å²) in [7, 11) is 2.14. The fourth-order valence-electron chi connectivity index (χ4n) is 2.75. The quantitative estimate of drug-likeness (QED) is 0.813. The predicted octanol–water partition coefficient (Wildman–Crippen LogP) is 3.19. The van der Waals surface area contributed by atoms with Gasteiger partial charge in [0.1, 0.15) is 4.88 Å². The van der Waals surface area contributed by atoms with E-state index < -0.39 is 0 Å². The number of nitrogens with zero attached hydrogens (tertiary/aromatic N) is 1. The van der Waals surface area contributed by atoms with E-state index in [0.29, 0.717) is 17.3 Å². The van der Waals surface area contributed by atoms with Gasteiger partial charge in [-0.15, -0.1) is 11.3 Å². The van der Waals surface area contributed by atoms with Crippen LogP contribution >= 0.6 is 11.3 Å². The van der Waals surface area contributed by atoms with Gasteiger partial charge in [0.25, 0.3) is 5.91 Å². The fraction of sp³-hybridized carbons (Fsp3) is 0.688. The molecule has 0 spiro atoms. The van der Waals surface area contributed by atoms with Crippen molar-refractivity contribution in [3.05, 3.63) is 10.4 Å². The molecule has 1 aromatic heterocycles. The Kier molecular flexibility index (Phi) is 4.11. The average molecular weight is 307 g/mol. The highest BCUT2D eigenvalue weighted by Crippen LogP contribution is 2.52. The topological polar surface area (TPSA) is 58.4 Å². The summed E-state index contributed by atoms with van der Waals surface area (Å²) in [5.41, 5.74) is 8.30. The van der Waals surface area contributed by atoms with Gasteiger partial charge in [-0.25, -0.2) is 0 Å².